The van der Waals surface area contributed by atoms with Crippen molar-refractivity contribution >= 4 is 27.7 Å². The molecule has 0 unspecified atom stereocenters. The minimum absolute atomic E-state index is 0.155. The van der Waals surface area contributed by atoms with E-state index in [1.807, 2.05) is 13.0 Å². The first kappa shape index (κ1) is 14.2. The number of anilines is 1. The quantitative estimate of drug-likeness (QED) is 0.596. The molecule has 0 radical (unpaired) electrons. The minimum atomic E-state index is 0.155. The summed E-state index contributed by atoms with van der Waals surface area (Å²) in [7, 11) is 0. The summed E-state index contributed by atoms with van der Waals surface area (Å²) in [6.45, 7) is 2.76. The summed E-state index contributed by atoms with van der Waals surface area (Å²) in [5, 5.41) is 6.20. The molecule has 6 heteroatoms. The van der Waals surface area contributed by atoms with Gasteiger partial charge in [0.05, 0.1) is 0 Å². The summed E-state index contributed by atoms with van der Waals surface area (Å²) < 4.78 is 0.785. The highest BCUT2D eigenvalue weighted by atomic mass is 79.9. The number of rotatable bonds is 7. The molecule has 0 aromatic carbocycles. The Labute approximate surface area is 121 Å². The molecule has 1 aromatic heterocycles. The Morgan fingerprint density at radius 3 is 2.95 bits per heavy atom. The number of carbonyl (C=O) groups excluding carboxylic acids is 1. The number of aryl methyl sites for hydroxylation is 1. The normalized spacial score (nSPS) is 14.2. The number of amides is 1. The molecule has 1 aromatic rings. The van der Waals surface area contributed by atoms with E-state index in [-0.39, 0.29) is 5.91 Å². The van der Waals surface area contributed by atoms with Gasteiger partial charge >= 0.3 is 0 Å². The van der Waals surface area contributed by atoms with E-state index in [0.717, 1.165) is 48.5 Å². The summed E-state index contributed by atoms with van der Waals surface area (Å²) in [4.78, 5) is 20.1. The molecule has 0 atom stereocenters. The van der Waals surface area contributed by atoms with Gasteiger partial charge in [-0.05, 0) is 35.2 Å². The number of hydrogen-bond acceptors (Lipinski definition) is 4. The second kappa shape index (κ2) is 6.84. The first-order chi connectivity index (χ1) is 9.17. The standard InChI is InChI=1S/C13H19BrN4O/c1-2-11-17-10(14)8-12(18-11)15-7-3-4-13(19)16-9-5-6-9/h8-9H,2-7H2,1H3,(H,16,19)(H,15,17,18). The highest BCUT2D eigenvalue weighted by Gasteiger charge is 2.22. The summed E-state index contributed by atoms with van der Waals surface area (Å²) in [6, 6.07) is 2.30. The maximum atomic E-state index is 11.5. The van der Waals surface area contributed by atoms with Crippen LogP contribution in [-0.2, 0) is 11.2 Å². The molecule has 0 aliphatic heterocycles. The van der Waals surface area contributed by atoms with Crippen LogP contribution < -0.4 is 10.6 Å². The molecule has 5 nitrogen and oxygen atoms in total. The van der Waals surface area contributed by atoms with E-state index in [0.29, 0.717) is 12.5 Å². The molecule has 2 rings (SSSR count). The van der Waals surface area contributed by atoms with Gasteiger partial charge in [0.15, 0.2) is 0 Å². The predicted molar refractivity (Wildman–Crippen MR) is 78.0 cm³/mol. The van der Waals surface area contributed by atoms with Crippen molar-refractivity contribution in [2.45, 2.75) is 45.1 Å². The lowest BCUT2D eigenvalue weighted by Gasteiger charge is -2.07. The maximum Gasteiger partial charge on any atom is 0.220 e. The fraction of sp³-hybridized carbons (Fsp3) is 0.615. The first-order valence-corrected chi connectivity index (χ1v) is 7.53. The van der Waals surface area contributed by atoms with Crippen molar-refractivity contribution in [1.29, 1.82) is 0 Å². The highest BCUT2D eigenvalue weighted by molar-refractivity contribution is 9.10. The van der Waals surface area contributed by atoms with Gasteiger partial charge in [-0.1, -0.05) is 6.92 Å². The van der Waals surface area contributed by atoms with Crippen molar-refractivity contribution in [3.05, 3.63) is 16.5 Å². The van der Waals surface area contributed by atoms with Crippen LogP contribution in [0.2, 0.25) is 0 Å². The fourth-order valence-corrected chi connectivity index (χ4v) is 2.13. The summed E-state index contributed by atoms with van der Waals surface area (Å²) in [5.41, 5.74) is 0. The predicted octanol–water partition coefficient (Wildman–Crippen LogP) is 2.27. The molecule has 2 N–H and O–H groups in total. The third-order valence-electron chi connectivity index (χ3n) is 2.89. The smallest absolute Gasteiger partial charge is 0.220 e. The van der Waals surface area contributed by atoms with E-state index < -0.39 is 0 Å². The molecule has 1 fully saturated rings. The second-order valence-corrected chi connectivity index (χ2v) is 5.53. The molecule has 1 heterocycles. The first-order valence-electron chi connectivity index (χ1n) is 6.74. The van der Waals surface area contributed by atoms with Gasteiger partial charge in [-0.2, -0.15) is 0 Å². The maximum absolute atomic E-state index is 11.5. The lowest BCUT2D eigenvalue weighted by atomic mass is 10.3. The van der Waals surface area contributed by atoms with Crippen LogP contribution in [0.4, 0.5) is 5.82 Å². The van der Waals surface area contributed by atoms with Gasteiger partial charge in [0.25, 0.3) is 0 Å². The van der Waals surface area contributed by atoms with E-state index in [4.69, 9.17) is 0 Å². The number of nitrogens with zero attached hydrogens (tertiary/aromatic N) is 2. The molecule has 0 spiro atoms. The monoisotopic (exact) mass is 326 g/mol. The Kier molecular flexibility index (Phi) is 5.13. The number of aromatic nitrogens is 2. The molecular formula is C13H19BrN4O. The molecule has 104 valence electrons. The molecule has 1 aliphatic carbocycles. The van der Waals surface area contributed by atoms with Crippen LogP contribution in [0.3, 0.4) is 0 Å². The van der Waals surface area contributed by atoms with Crippen LogP contribution in [0.15, 0.2) is 10.7 Å². The number of carbonyl (C=O) groups is 1. The molecule has 1 saturated carbocycles. The van der Waals surface area contributed by atoms with E-state index in [9.17, 15) is 4.79 Å². The van der Waals surface area contributed by atoms with Gasteiger partial charge in [-0.3, -0.25) is 4.79 Å². The van der Waals surface area contributed by atoms with Crippen LogP contribution in [0.5, 0.6) is 0 Å². The molecular weight excluding hydrogens is 308 g/mol. The molecule has 0 saturated heterocycles. The summed E-state index contributed by atoms with van der Waals surface area (Å²) in [6.07, 6.45) is 4.45. The molecule has 0 bridgehead atoms. The van der Waals surface area contributed by atoms with Crippen LogP contribution in [0, 0.1) is 0 Å². The van der Waals surface area contributed by atoms with Gasteiger partial charge in [0.2, 0.25) is 5.91 Å². The van der Waals surface area contributed by atoms with Gasteiger partial charge < -0.3 is 10.6 Å². The third kappa shape index (κ3) is 5.14. The van der Waals surface area contributed by atoms with Gasteiger partial charge in [-0.25, -0.2) is 9.97 Å². The zero-order chi connectivity index (χ0) is 13.7. The fourth-order valence-electron chi connectivity index (χ4n) is 1.71. The van der Waals surface area contributed by atoms with Crippen LogP contribution in [0.25, 0.3) is 0 Å². The number of nitrogens with one attached hydrogen (secondary N) is 2. The van der Waals surface area contributed by atoms with Crippen molar-refractivity contribution in [2.24, 2.45) is 0 Å². The average molecular weight is 327 g/mol. The third-order valence-corrected chi connectivity index (χ3v) is 3.29. The number of halogens is 1. The van der Waals surface area contributed by atoms with Crippen molar-refractivity contribution in [2.75, 3.05) is 11.9 Å². The van der Waals surface area contributed by atoms with Crippen LogP contribution in [0.1, 0.15) is 38.4 Å². The summed E-state index contributed by atoms with van der Waals surface area (Å²) in [5.74, 6) is 1.77. The Hall–Kier alpha value is -1.17. The Morgan fingerprint density at radius 2 is 2.26 bits per heavy atom. The molecule has 1 amide bonds. The molecule has 19 heavy (non-hydrogen) atoms. The Bertz CT molecular complexity index is 448. The summed E-state index contributed by atoms with van der Waals surface area (Å²) >= 11 is 3.36. The van der Waals surface area contributed by atoms with E-state index >= 15 is 0 Å². The van der Waals surface area contributed by atoms with Crippen LogP contribution >= 0.6 is 15.9 Å². The lowest BCUT2D eigenvalue weighted by molar-refractivity contribution is -0.121. The lowest BCUT2D eigenvalue weighted by Crippen LogP contribution is -2.25. The van der Waals surface area contributed by atoms with E-state index in [2.05, 4.69) is 36.5 Å². The Balaban J connectivity index is 1.69. The average Bonchev–Trinajstić information content (AvgIpc) is 3.18. The van der Waals surface area contributed by atoms with Gasteiger partial charge in [-0.15, -0.1) is 0 Å². The SMILES string of the molecule is CCc1nc(Br)cc(NCCCC(=O)NC2CC2)n1. The zero-order valence-electron chi connectivity index (χ0n) is 11.1. The second-order valence-electron chi connectivity index (χ2n) is 4.72. The largest absolute Gasteiger partial charge is 0.370 e. The van der Waals surface area contributed by atoms with Crippen molar-refractivity contribution in [1.82, 2.24) is 15.3 Å². The minimum Gasteiger partial charge on any atom is -0.370 e. The van der Waals surface area contributed by atoms with Crippen molar-refractivity contribution < 1.29 is 4.79 Å². The molecule has 1 aliphatic rings. The van der Waals surface area contributed by atoms with Crippen LogP contribution in [-0.4, -0.2) is 28.5 Å². The zero-order valence-corrected chi connectivity index (χ0v) is 12.7. The van der Waals surface area contributed by atoms with E-state index in [1.54, 1.807) is 0 Å². The van der Waals surface area contributed by atoms with Gasteiger partial charge in [0.1, 0.15) is 16.2 Å². The van der Waals surface area contributed by atoms with E-state index in [1.165, 1.54) is 0 Å². The highest BCUT2D eigenvalue weighted by Crippen LogP contribution is 2.18. The van der Waals surface area contributed by atoms with Crippen molar-refractivity contribution in [3.63, 3.8) is 0 Å². The van der Waals surface area contributed by atoms with Gasteiger partial charge in [0, 0.05) is 31.5 Å². The Morgan fingerprint density at radius 1 is 1.47 bits per heavy atom. The number of hydrogen-bond donors (Lipinski definition) is 2. The topological polar surface area (TPSA) is 66.9 Å². The van der Waals surface area contributed by atoms with Crippen molar-refractivity contribution in [3.8, 4) is 0 Å².